The van der Waals surface area contributed by atoms with Crippen molar-refractivity contribution in [2.75, 3.05) is 13.1 Å². The van der Waals surface area contributed by atoms with Crippen LogP contribution in [-0.4, -0.2) is 33.4 Å². The number of hydrogen-bond donors (Lipinski definition) is 0. The SMILES string of the molecule is O=C(C1CC1)N1CCc2ccc(=O)n(Cc3cccnc3)c2CC1. The van der Waals surface area contributed by atoms with Crippen molar-refractivity contribution in [1.82, 2.24) is 14.5 Å². The van der Waals surface area contributed by atoms with Crippen LogP contribution < -0.4 is 5.56 Å². The van der Waals surface area contributed by atoms with Crippen molar-refractivity contribution in [3.63, 3.8) is 0 Å². The van der Waals surface area contributed by atoms with Crippen LogP contribution in [0.25, 0.3) is 0 Å². The lowest BCUT2D eigenvalue weighted by Gasteiger charge is -2.20. The van der Waals surface area contributed by atoms with E-state index in [4.69, 9.17) is 0 Å². The van der Waals surface area contributed by atoms with Crippen LogP contribution >= 0.6 is 0 Å². The van der Waals surface area contributed by atoms with Gasteiger partial charge in [0.05, 0.1) is 6.54 Å². The number of fused-ring (bicyclic) bond motifs is 1. The maximum atomic E-state index is 12.4. The summed E-state index contributed by atoms with van der Waals surface area (Å²) in [5.41, 5.74) is 3.28. The van der Waals surface area contributed by atoms with Gasteiger partial charge in [0, 0.05) is 49.6 Å². The smallest absolute Gasteiger partial charge is 0.251 e. The minimum Gasteiger partial charge on any atom is -0.342 e. The van der Waals surface area contributed by atoms with Gasteiger partial charge < -0.3 is 9.47 Å². The number of aromatic nitrogens is 2. The van der Waals surface area contributed by atoms with Gasteiger partial charge in [-0.1, -0.05) is 12.1 Å². The van der Waals surface area contributed by atoms with Crippen molar-refractivity contribution >= 4 is 5.91 Å². The second-order valence-corrected chi connectivity index (χ2v) is 6.69. The van der Waals surface area contributed by atoms with E-state index < -0.39 is 0 Å². The summed E-state index contributed by atoms with van der Waals surface area (Å²) in [6, 6.07) is 7.45. The minimum absolute atomic E-state index is 0.0135. The summed E-state index contributed by atoms with van der Waals surface area (Å²) in [4.78, 5) is 30.9. The van der Waals surface area contributed by atoms with E-state index in [1.807, 2.05) is 27.7 Å². The molecular formula is C19H21N3O2. The van der Waals surface area contributed by atoms with Crippen LogP contribution in [0.1, 0.15) is 29.7 Å². The van der Waals surface area contributed by atoms with Crippen molar-refractivity contribution < 1.29 is 4.79 Å². The van der Waals surface area contributed by atoms with Gasteiger partial charge in [0.2, 0.25) is 5.91 Å². The van der Waals surface area contributed by atoms with Crippen molar-refractivity contribution in [3.05, 3.63) is 63.8 Å². The van der Waals surface area contributed by atoms with Crippen LogP contribution in [0.5, 0.6) is 0 Å². The third kappa shape index (κ3) is 2.98. The fraction of sp³-hybridized carbons (Fsp3) is 0.421. The zero-order chi connectivity index (χ0) is 16.5. The van der Waals surface area contributed by atoms with Gasteiger partial charge in [0.25, 0.3) is 5.56 Å². The molecule has 24 heavy (non-hydrogen) atoms. The molecule has 0 atom stereocenters. The molecule has 2 aromatic rings. The Balaban J connectivity index is 1.61. The van der Waals surface area contributed by atoms with Crippen LogP contribution in [0.3, 0.4) is 0 Å². The highest BCUT2D eigenvalue weighted by Gasteiger charge is 2.34. The van der Waals surface area contributed by atoms with E-state index in [1.165, 1.54) is 5.56 Å². The lowest BCUT2D eigenvalue weighted by Crippen LogP contribution is -2.34. The molecule has 3 heterocycles. The topological polar surface area (TPSA) is 55.2 Å². The quantitative estimate of drug-likeness (QED) is 0.863. The van der Waals surface area contributed by atoms with Crippen LogP contribution in [-0.2, 0) is 24.2 Å². The largest absolute Gasteiger partial charge is 0.342 e. The highest BCUT2D eigenvalue weighted by molar-refractivity contribution is 5.81. The van der Waals surface area contributed by atoms with Gasteiger partial charge in [-0.05, 0) is 36.5 Å². The minimum atomic E-state index is 0.0135. The van der Waals surface area contributed by atoms with E-state index in [9.17, 15) is 9.59 Å². The van der Waals surface area contributed by atoms with E-state index in [-0.39, 0.29) is 11.5 Å². The van der Waals surface area contributed by atoms with Gasteiger partial charge in [-0.3, -0.25) is 14.6 Å². The Morgan fingerprint density at radius 1 is 1.17 bits per heavy atom. The Morgan fingerprint density at radius 2 is 2.00 bits per heavy atom. The van der Waals surface area contributed by atoms with Gasteiger partial charge in [-0.15, -0.1) is 0 Å². The molecule has 1 fully saturated rings. The van der Waals surface area contributed by atoms with E-state index in [1.54, 1.807) is 18.5 Å². The molecule has 124 valence electrons. The van der Waals surface area contributed by atoms with Crippen molar-refractivity contribution in [2.24, 2.45) is 5.92 Å². The average Bonchev–Trinajstić information content (AvgIpc) is 3.44. The Labute approximate surface area is 140 Å². The molecule has 0 saturated heterocycles. The second-order valence-electron chi connectivity index (χ2n) is 6.69. The monoisotopic (exact) mass is 323 g/mol. The Bertz CT molecular complexity index is 809. The molecule has 1 aliphatic heterocycles. The standard InChI is InChI=1S/C19H21N3O2/c23-18-6-5-15-7-10-21(19(24)16-3-4-16)11-8-17(15)22(18)13-14-2-1-9-20-12-14/h1-2,5-6,9,12,16H,3-4,7-8,10-11,13H2. The highest BCUT2D eigenvalue weighted by Crippen LogP contribution is 2.31. The normalized spacial score (nSPS) is 17.2. The summed E-state index contributed by atoms with van der Waals surface area (Å²) in [7, 11) is 0. The van der Waals surface area contributed by atoms with Gasteiger partial charge in [0.15, 0.2) is 0 Å². The summed E-state index contributed by atoms with van der Waals surface area (Å²) < 4.78 is 1.84. The highest BCUT2D eigenvalue weighted by atomic mass is 16.2. The lowest BCUT2D eigenvalue weighted by atomic mass is 10.1. The number of carbonyl (C=O) groups excluding carboxylic acids is 1. The van der Waals surface area contributed by atoms with Crippen molar-refractivity contribution in [3.8, 4) is 0 Å². The zero-order valence-corrected chi connectivity index (χ0v) is 13.6. The predicted octanol–water partition coefficient (Wildman–Crippen LogP) is 1.63. The summed E-state index contributed by atoms with van der Waals surface area (Å²) in [6.45, 7) is 2.00. The van der Waals surface area contributed by atoms with Crippen molar-refractivity contribution in [1.29, 1.82) is 0 Å². The van der Waals surface area contributed by atoms with Gasteiger partial charge in [0.1, 0.15) is 0 Å². The summed E-state index contributed by atoms with van der Waals surface area (Å²) in [5.74, 6) is 0.549. The zero-order valence-electron chi connectivity index (χ0n) is 13.6. The first-order valence-corrected chi connectivity index (χ1v) is 8.61. The maximum absolute atomic E-state index is 12.4. The third-order valence-corrected chi connectivity index (χ3v) is 4.96. The fourth-order valence-electron chi connectivity index (χ4n) is 3.45. The molecular weight excluding hydrogens is 302 g/mol. The maximum Gasteiger partial charge on any atom is 0.251 e. The Hall–Kier alpha value is -2.43. The number of carbonyl (C=O) groups is 1. The van der Waals surface area contributed by atoms with Crippen LogP contribution in [0, 0.1) is 5.92 Å². The van der Waals surface area contributed by atoms with Crippen LogP contribution in [0.4, 0.5) is 0 Å². The third-order valence-electron chi connectivity index (χ3n) is 4.96. The second kappa shape index (κ2) is 6.23. The fourth-order valence-corrected chi connectivity index (χ4v) is 3.45. The number of amides is 1. The first-order valence-electron chi connectivity index (χ1n) is 8.61. The molecule has 2 aliphatic rings. The molecule has 1 amide bonds. The number of rotatable bonds is 3. The molecule has 0 bridgehead atoms. The molecule has 1 saturated carbocycles. The van der Waals surface area contributed by atoms with E-state index in [0.717, 1.165) is 43.5 Å². The van der Waals surface area contributed by atoms with E-state index >= 15 is 0 Å². The molecule has 0 N–H and O–H groups in total. The summed E-state index contributed by atoms with van der Waals surface area (Å²) in [5, 5.41) is 0. The first kappa shape index (κ1) is 15.1. The number of nitrogens with zero attached hydrogens (tertiary/aromatic N) is 3. The molecule has 0 unspecified atom stereocenters. The number of hydrogen-bond acceptors (Lipinski definition) is 3. The lowest BCUT2D eigenvalue weighted by molar-refractivity contribution is -0.132. The Kier molecular flexibility index (Phi) is 3.92. The molecule has 5 heteroatoms. The average molecular weight is 323 g/mol. The number of pyridine rings is 2. The van der Waals surface area contributed by atoms with Crippen LogP contribution in [0.15, 0.2) is 41.5 Å². The molecule has 5 nitrogen and oxygen atoms in total. The summed E-state index contributed by atoms with van der Waals surface area (Å²) >= 11 is 0. The van der Waals surface area contributed by atoms with E-state index in [2.05, 4.69) is 4.98 Å². The molecule has 0 radical (unpaired) electrons. The molecule has 2 aromatic heterocycles. The molecule has 0 spiro atoms. The molecule has 1 aliphatic carbocycles. The molecule has 0 aromatic carbocycles. The first-order chi connectivity index (χ1) is 11.7. The van der Waals surface area contributed by atoms with Gasteiger partial charge in [-0.2, -0.15) is 0 Å². The molecule has 4 rings (SSSR count). The summed E-state index contributed by atoms with van der Waals surface area (Å²) in [6.07, 6.45) is 7.16. The van der Waals surface area contributed by atoms with E-state index in [0.29, 0.717) is 19.0 Å². The van der Waals surface area contributed by atoms with Gasteiger partial charge in [-0.25, -0.2) is 0 Å². The van der Waals surface area contributed by atoms with Crippen molar-refractivity contribution in [2.45, 2.75) is 32.2 Å². The predicted molar refractivity (Wildman–Crippen MR) is 90.8 cm³/mol. The van der Waals surface area contributed by atoms with Crippen LogP contribution in [0.2, 0.25) is 0 Å². The Morgan fingerprint density at radius 3 is 2.75 bits per heavy atom. The van der Waals surface area contributed by atoms with Gasteiger partial charge >= 0.3 is 0 Å².